The van der Waals surface area contributed by atoms with Gasteiger partial charge in [-0.2, -0.15) is 0 Å². The SMILES string of the molecule is COc1ccc(-c2cn(-c3ccc(C(C)C)cc3)c(NC(=O)CN(CC3CCCO3)C(=O)c3ccccc3C)n2)cc1. The molecule has 0 saturated carbocycles. The van der Waals surface area contributed by atoms with Gasteiger partial charge in [0.05, 0.1) is 18.9 Å². The van der Waals surface area contributed by atoms with Gasteiger partial charge in [-0.05, 0) is 79.3 Å². The molecule has 0 spiro atoms. The molecule has 0 aliphatic carbocycles. The Morgan fingerprint density at radius 2 is 1.81 bits per heavy atom. The molecule has 218 valence electrons. The Morgan fingerprint density at radius 1 is 1.07 bits per heavy atom. The summed E-state index contributed by atoms with van der Waals surface area (Å²) in [5.74, 6) is 1.01. The molecule has 2 heterocycles. The third-order valence-corrected chi connectivity index (χ3v) is 7.63. The zero-order valence-electron chi connectivity index (χ0n) is 24.7. The minimum atomic E-state index is -0.332. The predicted octanol–water partition coefficient (Wildman–Crippen LogP) is 6.24. The molecule has 1 aliphatic rings. The van der Waals surface area contributed by atoms with Gasteiger partial charge in [0.25, 0.3) is 5.91 Å². The Kier molecular flexibility index (Phi) is 9.03. The average molecular weight is 567 g/mol. The highest BCUT2D eigenvalue weighted by Gasteiger charge is 2.26. The van der Waals surface area contributed by atoms with Crippen molar-refractivity contribution in [1.29, 1.82) is 0 Å². The summed E-state index contributed by atoms with van der Waals surface area (Å²) >= 11 is 0. The van der Waals surface area contributed by atoms with E-state index in [2.05, 4.69) is 31.3 Å². The fraction of sp³-hybridized carbons (Fsp3) is 0.324. The van der Waals surface area contributed by atoms with E-state index in [-0.39, 0.29) is 24.5 Å². The van der Waals surface area contributed by atoms with E-state index in [1.165, 1.54) is 5.56 Å². The second-order valence-corrected chi connectivity index (χ2v) is 11.0. The minimum absolute atomic E-state index is 0.0890. The summed E-state index contributed by atoms with van der Waals surface area (Å²) in [5.41, 5.74) is 5.13. The first-order chi connectivity index (χ1) is 20.3. The van der Waals surface area contributed by atoms with E-state index < -0.39 is 0 Å². The Morgan fingerprint density at radius 3 is 2.45 bits per heavy atom. The summed E-state index contributed by atoms with van der Waals surface area (Å²) in [6, 6.07) is 23.3. The Labute approximate surface area is 247 Å². The fourth-order valence-corrected chi connectivity index (χ4v) is 5.16. The van der Waals surface area contributed by atoms with E-state index in [4.69, 9.17) is 14.5 Å². The molecule has 8 heteroatoms. The molecule has 3 aromatic carbocycles. The Bertz CT molecular complexity index is 1520. The first-order valence-corrected chi connectivity index (χ1v) is 14.4. The Hall–Kier alpha value is -4.43. The Balaban J connectivity index is 1.43. The maximum absolute atomic E-state index is 13.6. The smallest absolute Gasteiger partial charge is 0.254 e. The van der Waals surface area contributed by atoms with Gasteiger partial charge in [0, 0.05) is 36.2 Å². The summed E-state index contributed by atoms with van der Waals surface area (Å²) in [7, 11) is 1.63. The highest BCUT2D eigenvalue weighted by molar-refractivity contribution is 6.00. The topological polar surface area (TPSA) is 85.7 Å². The van der Waals surface area contributed by atoms with Crippen molar-refractivity contribution in [3.8, 4) is 22.7 Å². The van der Waals surface area contributed by atoms with E-state index in [0.29, 0.717) is 36.3 Å². The van der Waals surface area contributed by atoms with Gasteiger partial charge in [0.15, 0.2) is 0 Å². The first-order valence-electron chi connectivity index (χ1n) is 14.4. The second-order valence-electron chi connectivity index (χ2n) is 11.0. The van der Waals surface area contributed by atoms with Crippen molar-refractivity contribution in [3.05, 3.63) is 95.7 Å². The van der Waals surface area contributed by atoms with Crippen molar-refractivity contribution in [2.45, 2.75) is 45.6 Å². The van der Waals surface area contributed by atoms with Crippen molar-refractivity contribution in [2.75, 3.05) is 32.1 Å². The van der Waals surface area contributed by atoms with E-state index in [0.717, 1.165) is 35.4 Å². The van der Waals surface area contributed by atoms with Crippen LogP contribution in [0, 0.1) is 6.92 Å². The summed E-state index contributed by atoms with van der Waals surface area (Å²) < 4.78 is 13.0. The molecular formula is C34H38N4O4. The summed E-state index contributed by atoms with van der Waals surface area (Å²) in [4.78, 5) is 33.6. The number of anilines is 1. The fourth-order valence-electron chi connectivity index (χ4n) is 5.16. The maximum atomic E-state index is 13.6. The van der Waals surface area contributed by atoms with Crippen LogP contribution in [0.5, 0.6) is 5.75 Å². The lowest BCUT2D eigenvalue weighted by atomic mass is 10.0. The number of aromatic nitrogens is 2. The van der Waals surface area contributed by atoms with Crippen LogP contribution in [-0.2, 0) is 9.53 Å². The highest BCUT2D eigenvalue weighted by atomic mass is 16.5. The standard InChI is InChI=1S/C34H38N4O4/c1-23(2)25-11-15-27(16-12-25)38-21-31(26-13-17-28(41-4)18-14-26)35-34(38)36-32(39)22-37(20-29-9-7-19-42-29)33(40)30-10-6-5-8-24(30)3/h5-6,8,10-18,21,23,29H,7,9,19-20,22H2,1-4H3,(H,35,36,39). The average Bonchev–Trinajstić information content (AvgIpc) is 3.67. The summed E-state index contributed by atoms with van der Waals surface area (Å²) in [6.45, 7) is 7.11. The highest BCUT2D eigenvalue weighted by Crippen LogP contribution is 2.27. The van der Waals surface area contributed by atoms with Crippen LogP contribution in [0.15, 0.2) is 79.0 Å². The van der Waals surface area contributed by atoms with Crippen LogP contribution in [0.3, 0.4) is 0 Å². The van der Waals surface area contributed by atoms with Gasteiger partial charge in [-0.3, -0.25) is 19.5 Å². The monoisotopic (exact) mass is 566 g/mol. The van der Waals surface area contributed by atoms with Crippen LogP contribution in [0.1, 0.15) is 54.1 Å². The second kappa shape index (κ2) is 13.0. The minimum Gasteiger partial charge on any atom is -0.497 e. The van der Waals surface area contributed by atoms with Gasteiger partial charge < -0.3 is 14.4 Å². The van der Waals surface area contributed by atoms with Crippen molar-refractivity contribution >= 4 is 17.8 Å². The van der Waals surface area contributed by atoms with Crippen molar-refractivity contribution < 1.29 is 19.1 Å². The molecule has 0 bridgehead atoms. The van der Waals surface area contributed by atoms with Gasteiger partial charge in [-0.25, -0.2) is 4.98 Å². The lowest BCUT2D eigenvalue weighted by Gasteiger charge is -2.25. The molecule has 8 nitrogen and oxygen atoms in total. The number of methoxy groups -OCH3 is 1. The lowest BCUT2D eigenvalue weighted by molar-refractivity contribution is -0.117. The van der Waals surface area contributed by atoms with Crippen molar-refractivity contribution in [1.82, 2.24) is 14.5 Å². The number of carbonyl (C=O) groups excluding carboxylic acids is 2. The van der Waals surface area contributed by atoms with Crippen LogP contribution in [0.25, 0.3) is 16.9 Å². The number of amides is 2. The van der Waals surface area contributed by atoms with Gasteiger partial charge in [0.1, 0.15) is 12.3 Å². The number of imidazole rings is 1. The molecule has 1 aliphatic heterocycles. The largest absolute Gasteiger partial charge is 0.497 e. The molecule has 1 atom stereocenters. The van der Waals surface area contributed by atoms with Crippen LogP contribution in [-0.4, -0.2) is 59.2 Å². The van der Waals surface area contributed by atoms with E-state index in [1.54, 1.807) is 18.1 Å². The van der Waals surface area contributed by atoms with Gasteiger partial charge >= 0.3 is 0 Å². The molecule has 1 unspecified atom stereocenters. The quantitative estimate of drug-likeness (QED) is 0.246. The van der Waals surface area contributed by atoms with E-state index in [9.17, 15) is 9.59 Å². The molecule has 1 N–H and O–H groups in total. The predicted molar refractivity (Wildman–Crippen MR) is 164 cm³/mol. The number of nitrogens with one attached hydrogen (secondary N) is 1. The number of ether oxygens (including phenoxy) is 2. The van der Waals surface area contributed by atoms with Gasteiger partial charge in [-0.1, -0.05) is 44.2 Å². The van der Waals surface area contributed by atoms with Crippen molar-refractivity contribution in [2.24, 2.45) is 0 Å². The third kappa shape index (κ3) is 6.71. The van der Waals surface area contributed by atoms with Crippen LogP contribution < -0.4 is 10.1 Å². The van der Waals surface area contributed by atoms with Crippen molar-refractivity contribution in [3.63, 3.8) is 0 Å². The number of rotatable bonds is 10. The molecule has 42 heavy (non-hydrogen) atoms. The zero-order chi connectivity index (χ0) is 29.6. The number of aryl methyl sites for hydroxylation is 1. The summed E-state index contributed by atoms with van der Waals surface area (Å²) in [5, 5.41) is 2.99. The number of hydrogen-bond acceptors (Lipinski definition) is 5. The number of hydrogen-bond donors (Lipinski definition) is 1. The summed E-state index contributed by atoms with van der Waals surface area (Å²) in [6.07, 6.45) is 3.63. The molecule has 1 saturated heterocycles. The molecule has 1 aromatic heterocycles. The maximum Gasteiger partial charge on any atom is 0.254 e. The number of nitrogens with zero attached hydrogens (tertiary/aromatic N) is 3. The number of carbonyl (C=O) groups is 2. The van der Waals surface area contributed by atoms with Crippen LogP contribution in [0.4, 0.5) is 5.95 Å². The van der Waals surface area contributed by atoms with E-state index in [1.807, 2.05) is 72.3 Å². The molecule has 0 radical (unpaired) electrons. The molecule has 5 rings (SSSR count). The zero-order valence-corrected chi connectivity index (χ0v) is 24.7. The van der Waals surface area contributed by atoms with Gasteiger partial charge in [-0.15, -0.1) is 0 Å². The third-order valence-electron chi connectivity index (χ3n) is 7.63. The molecule has 4 aromatic rings. The van der Waals surface area contributed by atoms with E-state index >= 15 is 0 Å². The van der Waals surface area contributed by atoms with Crippen LogP contribution >= 0.6 is 0 Å². The van der Waals surface area contributed by atoms with Gasteiger partial charge in [0.2, 0.25) is 11.9 Å². The molecule has 1 fully saturated rings. The normalized spacial score (nSPS) is 14.6. The van der Waals surface area contributed by atoms with Crippen LogP contribution in [0.2, 0.25) is 0 Å². The molecule has 2 amide bonds. The first kappa shape index (κ1) is 29.1. The molecular weight excluding hydrogens is 528 g/mol. The lowest BCUT2D eigenvalue weighted by Crippen LogP contribution is -2.42. The number of benzene rings is 3.